The second-order valence-corrected chi connectivity index (χ2v) is 8.04. The molecule has 0 aliphatic carbocycles. The van der Waals surface area contributed by atoms with Gasteiger partial charge in [0.2, 0.25) is 5.91 Å². The van der Waals surface area contributed by atoms with Crippen LogP contribution in [0.1, 0.15) is 44.9 Å². The highest BCUT2D eigenvalue weighted by molar-refractivity contribution is 8.00. The van der Waals surface area contributed by atoms with E-state index in [-0.39, 0.29) is 16.7 Å². The van der Waals surface area contributed by atoms with E-state index in [2.05, 4.69) is 24.4 Å². The summed E-state index contributed by atoms with van der Waals surface area (Å²) >= 11 is 1.52. The van der Waals surface area contributed by atoms with E-state index in [1.54, 1.807) is 16.8 Å². The Labute approximate surface area is 172 Å². The highest BCUT2D eigenvalue weighted by atomic mass is 32.2. The predicted molar refractivity (Wildman–Crippen MR) is 114 cm³/mol. The molecule has 0 unspecified atom stereocenters. The van der Waals surface area contributed by atoms with Gasteiger partial charge in [-0.05, 0) is 48.7 Å². The quantitative estimate of drug-likeness (QED) is 0.677. The molecule has 7 heteroatoms. The van der Waals surface area contributed by atoms with Crippen molar-refractivity contribution in [1.82, 2.24) is 9.78 Å². The molecule has 4 rings (SSSR count). The number of aromatic carboxylic acids is 1. The van der Waals surface area contributed by atoms with Crippen LogP contribution >= 0.6 is 11.8 Å². The Morgan fingerprint density at radius 1 is 1.21 bits per heavy atom. The fraction of sp³-hybridized carbons (Fsp3) is 0.227. The average molecular weight is 407 g/mol. The molecular formula is C22H21N3O3S. The van der Waals surface area contributed by atoms with Gasteiger partial charge in [-0.25, -0.2) is 9.48 Å². The zero-order valence-corrected chi connectivity index (χ0v) is 17.0. The van der Waals surface area contributed by atoms with Gasteiger partial charge in [0.15, 0.2) is 0 Å². The highest BCUT2D eigenvalue weighted by Crippen LogP contribution is 2.43. The molecule has 1 aliphatic rings. The number of hydrogen-bond donors (Lipinski definition) is 2. The Kier molecular flexibility index (Phi) is 5.15. The van der Waals surface area contributed by atoms with Gasteiger partial charge in [0.25, 0.3) is 0 Å². The number of carbonyl (C=O) groups is 2. The van der Waals surface area contributed by atoms with Crippen LogP contribution in [0.3, 0.4) is 0 Å². The summed E-state index contributed by atoms with van der Waals surface area (Å²) in [6, 6.07) is 15.0. The number of amides is 1. The number of carboxylic acids is 1. The number of aryl methyl sites for hydroxylation is 2. The number of aromatic nitrogens is 2. The summed E-state index contributed by atoms with van der Waals surface area (Å²) in [5.41, 5.74) is 5.09. The topological polar surface area (TPSA) is 84.2 Å². The number of benzene rings is 2. The van der Waals surface area contributed by atoms with Crippen LogP contribution in [0.5, 0.6) is 0 Å². The first-order chi connectivity index (χ1) is 14.0. The number of thioether (sulfide) groups is 1. The van der Waals surface area contributed by atoms with E-state index < -0.39 is 5.97 Å². The van der Waals surface area contributed by atoms with Crippen molar-refractivity contribution in [2.45, 2.75) is 25.5 Å². The number of carbonyl (C=O) groups excluding carboxylic acids is 1. The van der Waals surface area contributed by atoms with Crippen LogP contribution in [0.15, 0.2) is 48.5 Å². The third-order valence-electron chi connectivity index (χ3n) is 5.06. The molecule has 1 amide bonds. The first-order valence-electron chi connectivity index (χ1n) is 9.41. The molecule has 0 saturated carbocycles. The molecule has 0 radical (unpaired) electrons. The smallest absolute Gasteiger partial charge is 0.335 e. The van der Waals surface area contributed by atoms with Gasteiger partial charge >= 0.3 is 5.97 Å². The van der Waals surface area contributed by atoms with E-state index in [1.807, 2.05) is 31.2 Å². The van der Waals surface area contributed by atoms with Crippen LogP contribution < -0.4 is 5.32 Å². The van der Waals surface area contributed by atoms with E-state index in [4.69, 9.17) is 10.2 Å². The van der Waals surface area contributed by atoms with Crippen molar-refractivity contribution in [2.24, 2.45) is 0 Å². The van der Waals surface area contributed by atoms with E-state index in [9.17, 15) is 9.59 Å². The summed E-state index contributed by atoms with van der Waals surface area (Å²) in [5.74, 6) is -0.0442. The van der Waals surface area contributed by atoms with Crippen LogP contribution in [-0.4, -0.2) is 32.5 Å². The molecule has 1 aliphatic heterocycles. The van der Waals surface area contributed by atoms with E-state index in [0.29, 0.717) is 11.6 Å². The number of rotatable bonds is 4. The second kappa shape index (κ2) is 7.75. The molecule has 1 aromatic heterocycles. The molecule has 3 aromatic rings. The third kappa shape index (κ3) is 3.65. The number of carboxylic acid groups (broad SMARTS) is 1. The normalized spacial score (nSPS) is 16.1. The summed E-state index contributed by atoms with van der Waals surface area (Å²) in [5, 5.41) is 16.8. The minimum atomic E-state index is -0.956. The lowest BCUT2D eigenvalue weighted by Crippen LogP contribution is -2.15. The molecule has 1 atom stereocenters. The Balaban J connectivity index is 1.81. The van der Waals surface area contributed by atoms with Gasteiger partial charge in [-0.2, -0.15) is 5.10 Å². The molecule has 0 saturated heterocycles. The monoisotopic (exact) mass is 407 g/mol. The molecule has 2 N–H and O–H groups in total. The first kappa shape index (κ1) is 19.3. The van der Waals surface area contributed by atoms with Crippen molar-refractivity contribution in [1.29, 1.82) is 0 Å². The second-order valence-electron chi connectivity index (χ2n) is 6.95. The molecule has 2 heterocycles. The van der Waals surface area contributed by atoms with Crippen LogP contribution in [0.2, 0.25) is 0 Å². The van der Waals surface area contributed by atoms with Crippen molar-refractivity contribution in [2.75, 3.05) is 11.1 Å². The fourth-order valence-corrected chi connectivity index (χ4v) is 4.70. The largest absolute Gasteiger partial charge is 0.478 e. The summed E-state index contributed by atoms with van der Waals surface area (Å²) < 4.78 is 1.78. The standard InChI is InChI=1S/C22H21N3O3S/c1-3-14-4-10-17(11-5-14)25-21-19(13(2)24-25)20(29-12-18(26)23-21)15-6-8-16(9-7-15)22(27)28/h4-11,20H,3,12H2,1-2H3,(H,23,26)(H,27,28)/t20-/m1/s1. The van der Waals surface area contributed by atoms with E-state index in [1.165, 1.54) is 17.3 Å². The molecule has 0 spiro atoms. The van der Waals surface area contributed by atoms with Gasteiger partial charge in [-0.3, -0.25) is 4.79 Å². The number of fused-ring (bicyclic) bond motifs is 1. The van der Waals surface area contributed by atoms with Gasteiger partial charge in [-0.1, -0.05) is 31.2 Å². The SMILES string of the molecule is CCc1ccc(-n2nc(C)c3c2NC(=O)CS[C@@H]3c2ccc(C(=O)O)cc2)cc1. The molecule has 29 heavy (non-hydrogen) atoms. The number of nitrogens with zero attached hydrogens (tertiary/aromatic N) is 2. The maximum absolute atomic E-state index is 12.4. The minimum Gasteiger partial charge on any atom is -0.478 e. The summed E-state index contributed by atoms with van der Waals surface area (Å²) in [7, 11) is 0. The molecule has 0 bridgehead atoms. The van der Waals surface area contributed by atoms with Gasteiger partial charge in [0, 0.05) is 5.56 Å². The van der Waals surface area contributed by atoms with Crippen molar-refractivity contribution in [3.05, 3.63) is 76.5 Å². The maximum atomic E-state index is 12.4. The summed E-state index contributed by atoms with van der Waals surface area (Å²) in [6.45, 7) is 4.04. The fourth-order valence-electron chi connectivity index (χ4n) is 3.51. The van der Waals surface area contributed by atoms with Gasteiger partial charge in [0.1, 0.15) is 5.82 Å². The summed E-state index contributed by atoms with van der Waals surface area (Å²) in [6.07, 6.45) is 0.957. The number of nitrogens with one attached hydrogen (secondary N) is 1. The lowest BCUT2D eigenvalue weighted by atomic mass is 10.0. The number of hydrogen-bond acceptors (Lipinski definition) is 4. The van der Waals surface area contributed by atoms with Crippen molar-refractivity contribution in [3.63, 3.8) is 0 Å². The van der Waals surface area contributed by atoms with Gasteiger partial charge < -0.3 is 10.4 Å². The maximum Gasteiger partial charge on any atom is 0.335 e. The molecule has 148 valence electrons. The Bertz CT molecular complexity index is 1070. The van der Waals surface area contributed by atoms with Gasteiger partial charge in [0.05, 0.1) is 27.9 Å². The van der Waals surface area contributed by atoms with Gasteiger partial charge in [-0.15, -0.1) is 11.8 Å². The summed E-state index contributed by atoms with van der Waals surface area (Å²) in [4.78, 5) is 23.6. The van der Waals surface area contributed by atoms with Crippen LogP contribution in [0, 0.1) is 6.92 Å². The molecule has 2 aromatic carbocycles. The van der Waals surface area contributed by atoms with E-state index >= 15 is 0 Å². The zero-order chi connectivity index (χ0) is 20.5. The zero-order valence-electron chi connectivity index (χ0n) is 16.2. The van der Waals surface area contributed by atoms with Crippen LogP contribution in [-0.2, 0) is 11.2 Å². The van der Waals surface area contributed by atoms with E-state index in [0.717, 1.165) is 28.9 Å². The van der Waals surface area contributed by atoms with Crippen molar-refractivity contribution >= 4 is 29.5 Å². The lowest BCUT2D eigenvalue weighted by Gasteiger charge is -2.15. The predicted octanol–water partition coefficient (Wildman–Crippen LogP) is 4.22. The molecular weight excluding hydrogens is 386 g/mol. The molecule has 6 nitrogen and oxygen atoms in total. The lowest BCUT2D eigenvalue weighted by molar-refractivity contribution is -0.113. The average Bonchev–Trinajstić information content (AvgIpc) is 2.93. The highest BCUT2D eigenvalue weighted by Gasteiger charge is 2.30. The Morgan fingerprint density at radius 2 is 1.90 bits per heavy atom. The van der Waals surface area contributed by atoms with Crippen LogP contribution in [0.4, 0.5) is 5.82 Å². The minimum absolute atomic E-state index is 0.0766. The first-order valence-corrected chi connectivity index (χ1v) is 10.5. The third-order valence-corrected chi connectivity index (χ3v) is 6.33. The molecule has 0 fully saturated rings. The van der Waals surface area contributed by atoms with Crippen LogP contribution in [0.25, 0.3) is 5.69 Å². The van der Waals surface area contributed by atoms with Crippen molar-refractivity contribution < 1.29 is 14.7 Å². The van der Waals surface area contributed by atoms with Crippen molar-refractivity contribution in [3.8, 4) is 5.69 Å². The Morgan fingerprint density at radius 3 is 2.52 bits per heavy atom. The Hall–Kier alpha value is -3.06. The number of anilines is 1.